The molecule has 0 spiro atoms. The van der Waals surface area contributed by atoms with Crippen molar-refractivity contribution in [3.05, 3.63) is 63.2 Å². The molecule has 0 saturated carbocycles. The number of anilines is 2. The molecule has 26 heavy (non-hydrogen) atoms. The summed E-state index contributed by atoms with van der Waals surface area (Å²) in [6.07, 6.45) is 3.39. The van der Waals surface area contributed by atoms with Crippen molar-refractivity contribution in [1.82, 2.24) is 4.90 Å². The van der Waals surface area contributed by atoms with E-state index in [4.69, 9.17) is 0 Å². The third-order valence-electron chi connectivity index (χ3n) is 5.24. The normalized spacial score (nSPS) is 16.3. The van der Waals surface area contributed by atoms with Crippen LogP contribution >= 0.6 is 0 Å². The number of nitrogens with zero attached hydrogens (tertiary/aromatic N) is 2. The van der Waals surface area contributed by atoms with Crippen LogP contribution in [0.25, 0.3) is 0 Å². The van der Waals surface area contributed by atoms with Crippen molar-refractivity contribution in [3.63, 3.8) is 0 Å². The van der Waals surface area contributed by atoms with Crippen molar-refractivity contribution in [2.75, 3.05) is 30.3 Å². The first-order chi connectivity index (χ1) is 12.7. The van der Waals surface area contributed by atoms with Crippen LogP contribution < -0.4 is 10.6 Å². The Bertz CT molecular complexity index is 815. The van der Waals surface area contributed by atoms with Crippen LogP contribution in [0.3, 0.4) is 0 Å². The average molecular weight is 352 g/mol. The van der Waals surface area contributed by atoms with Gasteiger partial charge in [-0.15, -0.1) is 0 Å². The number of likely N-dealkylation sites (tertiary alicyclic amines) is 1. The molecule has 2 aliphatic heterocycles. The lowest BCUT2D eigenvalue weighted by Gasteiger charge is -2.16. The minimum absolute atomic E-state index is 0.153. The van der Waals surface area contributed by atoms with E-state index in [-0.39, 0.29) is 10.6 Å². The smallest absolute Gasteiger partial charge is 0.292 e. The van der Waals surface area contributed by atoms with E-state index in [1.165, 1.54) is 31.5 Å². The van der Waals surface area contributed by atoms with Crippen LogP contribution in [0.5, 0.6) is 0 Å². The second-order valence-corrected chi connectivity index (χ2v) is 7.08. The predicted molar refractivity (Wildman–Crippen MR) is 104 cm³/mol. The van der Waals surface area contributed by atoms with E-state index in [0.717, 1.165) is 36.3 Å². The molecular formula is C20H24N4O2. The molecule has 0 aromatic heterocycles. The molecule has 1 saturated heterocycles. The van der Waals surface area contributed by atoms with Crippen molar-refractivity contribution in [1.29, 1.82) is 0 Å². The molecule has 2 aliphatic rings. The predicted octanol–water partition coefficient (Wildman–Crippen LogP) is 3.77. The lowest BCUT2D eigenvalue weighted by Crippen LogP contribution is -2.18. The molecule has 0 radical (unpaired) electrons. The second-order valence-electron chi connectivity index (χ2n) is 7.08. The van der Waals surface area contributed by atoms with Gasteiger partial charge in [-0.05, 0) is 49.5 Å². The standard InChI is InChI=1S/C20H24N4O2/c25-24(26)19-7-6-18-17(8-9-21-18)20(19)22-13-15-4-3-5-16(12-15)14-23-10-1-2-11-23/h3-7,12,21-22H,1-2,8-11,13-14H2. The summed E-state index contributed by atoms with van der Waals surface area (Å²) in [7, 11) is 0. The summed E-state index contributed by atoms with van der Waals surface area (Å²) in [6.45, 7) is 4.76. The molecule has 2 aromatic carbocycles. The van der Waals surface area contributed by atoms with Gasteiger partial charge in [0.15, 0.2) is 0 Å². The van der Waals surface area contributed by atoms with Crippen LogP contribution in [0.1, 0.15) is 29.5 Å². The number of hydrogen-bond donors (Lipinski definition) is 2. The third kappa shape index (κ3) is 3.51. The average Bonchev–Trinajstić information content (AvgIpc) is 3.31. The summed E-state index contributed by atoms with van der Waals surface area (Å²) in [5.41, 5.74) is 5.29. The van der Waals surface area contributed by atoms with E-state index in [0.29, 0.717) is 12.2 Å². The first-order valence-electron chi connectivity index (χ1n) is 9.29. The number of rotatable bonds is 6. The van der Waals surface area contributed by atoms with Crippen molar-refractivity contribution in [3.8, 4) is 0 Å². The van der Waals surface area contributed by atoms with Crippen molar-refractivity contribution in [2.24, 2.45) is 0 Å². The Morgan fingerprint density at radius 1 is 1.15 bits per heavy atom. The van der Waals surface area contributed by atoms with Crippen molar-refractivity contribution in [2.45, 2.75) is 32.4 Å². The fourth-order valence-corrected chi connectivity index (χ4v) is 3.96. The van der Waals surface area contributed by atoms with Crippen LogP contribution in [0.15, 0.2) is 36.4 Å². The van der Waals surface area contributed by atoms with Gasteiger partial charge in [0.2, 0.25) is 0 Å². The molecule has 2 heterocycles. The highest BCUT2D eigenvalue weighted by molar-refractivity contribution is 5.77. The van der Waals surface area contributed by atoms with Gasteiger partial charge >= 0.3 is 0 Å². The Kier molecular flexibility index (Phi) is 4.75. The van der Waals surface area contributed by atoms with Crippen LogP contribution in [-0.4, -0.2) is 29.5 Å². The zero-order valence-corrected chi connectivity index (χ0v) is 14.8. The molecule has 6 nitrogen and oxygen atoms in total. The summed E-state index contributed by atoms with van der Waals surface area (Å²) < 4.78 is 0. The quantitative estimate of drug-likeness (QED) is 0.612. The van der Waals surface area contributed by atoms with Crippen LogP contribution in [0, 0.1) is 10.1 Å². The van der Waals surface area contributed by atoms with Gasteiger partial charge in [-0.1, -0.05) is 24.3 Å². The topological polar surface area (TPSA) is 70.4 Å². The minimum Gasteiger partial charge on any atom is -0.384 e. The zero-order valence-electron chi connectivity index (χ0n) is 14.8. The van der Waals surface area contributed by atoms with Gasteiger partial charge in [0.05, 0.1) is 4.92 Å². The maximum Gasteiger partial charge on any atom is 0.292 e. The van der Waals surface area contributed by atoms with E-state index < -0.39 is 0 Å². The van der Waals surface area contributed by atoms with Gasteiger partial charge in [0.1, 0.15) is 5.69 Å². The van der Waals surface area contributed by atoms with Crippen LogP contribution in [0.2, 0.25) is 0 Å². The molecule has 6 heteroatoms. The molecular weight excluding hydrogens is 328 g/mol. The Labute approximate surface area is 153 Å². The molecule has 0 bridgehead atoms. The molecule has 1 fully saturated rings. The first-order valence-corrected chi connectivity index (χ1v) is 9.29. The fraction of sp³-hybridized carbons (Fsp3) is 0.400. The van der Waals surface area contributed by atoms with Gasteiger partial charge < -0.3 is 10.6 Å². The number of fused-ring (bicyclic) bond motifs is 1. The minimum atomic E-state index is -0.301. The maximum absolute atomic E-state index is 11.4. The Hall–Kier alpha value is -2.60. The summed E-state index contributed by atoms with van der Waals surface area (Å²) in [4.78, 5) is 13.6. The highest BCUT2D eigenvalue weighted by atomic mass is 16.6. The van der Waals surface area contributed by atoms with Gasteiger partial charge in [0, 0.05) is 37.0 Å². The summed E-state index contributed by atoms with van der Waals surface area (Å²) in [5, 5.41) is 18.0. The Morgan fingerprint density at radius 3 is 2.77 bits per heavy atom. The Morgan fingerprint density at radius 2 is 1.96 bits per heavy atom. The SMILES string of the molecule is O=[N+]([O-])c1ccc2c(c1NCc1cccc(CN3CCCC3)c1)CCN2. The number of nitro groups is 1. The fourth-order valence-electron chi connectivity index (χ4n) is 3.96. The van der Waals surface area contributed by atoms with Gasteiger partial charge in [-0.2, -0.15) is 0 Å². The van der Waals surface area contributed by atoms with E-state index >= 15 is 0 Å². The number of nitro benzene ring substituents is 1. The van der Waals surface area contributed by atoms with Crippen molar-refractivity contribution >= 4 is 17.1 Å². The first kappa shape index (κ1) is 16.8. The van der Waals surface area contributed by atoms with Gasteiger partial charge in [-0.3, -0.25) is 15.0 Å². The molecule has 0 amide bonds. The highest BCUT2D eigenvalue weighted by Crippen LogP contribution is 2.37. The Balaban J connectivity index is 1.51. The van der Waals surface area contributed by atoms with Gasteiger partial charge in [-0.25, -0.2) is 0 Å². The summed E-state index contributed by atoms with van der Waals surface area (Å²) in [6, 6.07) is 11.9. The highest BCUT2D eigenvalue weighted by Gasteiger charge is 2.23. The molecule has 136 valence electrons. The van der Waals surface area contributed by atoms with E-state index in [9.17, 15) is 10.1 Å². The lowest BCUT2D eigenvalue weighted by molar-refractivity contribution is -0.384. The van der Waals surface area contributed by atoms with Crippen molar-refractivity contribution < 1.29 is 4.92 Å². The maximum atomic E-state index is 11.4. The second kappa shape index (κ2) is 7.33. The number of nitrogens with one attached hydrogen (secondary N) is 2. The van der Waals surface area contributed by atoms with Crippen LogP contribution in [-0.2, 0) is 19.5 Å². The molecule has 2 N–H and O–H groups in total. The summed E-state index contributed by atoms with van der Waals surface area (Å²) >= 11 is 0. The van der Waals surface area contributed by atoms with Crippen LogP contribution in [0.4, 0.5) is 17.1 Å². The van der Waals surface area contributed by atoms with Gasteiger partial charge in [0.25, 0.3) is 5.69 Å². The van der Waals surface area contributed by atoms with E-state index in [2.05, 4.69) is 39.8 Å². The lowest BCUT2D eigenvalue weighted by atomic mass is 10.1. The molecule has 2 aromatic rings. The number of hydrogen-bond acceptors (Lipinski definition) is 5. The molecule has 0 atom stereocenters. The monoisotopic (exact) mass is 352 g/mol. The largest absolute Gasteiger partial charge is 0.384 e. The van der Waals surface area contributed by atoms with E-state index in [1.807, 2.05) is 6.07 Å². The molecule has 0 unspecified atom stereocenters. The number of benzene rings is 2. The molecule has 4 rings (SSSR count). The summed E-state index contributed by atoms with van der Waals surface area (Å²) in [5.74, 6) is 0. The van der Waals surface area contributed by atoms with E-state index in [1.54, 1.807) is 6.07 Å². The molecule has 0 aliphatic carbocycles. The third-order valence-corrected chi connectivity index (χ3v) is 5.24. The zero-order chi connectivity index (χ0) is 17.9.